The molecular formula is C66H59N3O9. The van der Waals surface area contributed by atoms with Crippen molar-refractivity contribution in [2.24, 2.45) is 0 Å². The van der Waals surface area contributed by atoms with Crippen molar-refractivity contribution in [1.29, 1.82) is 0 Å². The van der Waals surface area contributed by atoms with E-state index >= 15 is 0 Å². The van der Waals surface area contributed by atoms with Gasteiger partial charge in [-0.1, -0.05) is 102 Å². The first-order valence-electron chi connectivity index (χ1n) is 25.6. The third-order valence-corrected chi connectivity index (χ3v) is 14.2. The summed E-state index contributed by atoms with van der Waals surface area (Å²) in [6.07, 6.45) is 1.38. The Morgan fingerprint density at radius 3 is 1.32 bits per heavy atom. The van der Waals surface area contributed by atoms with Crippen LogP contribution in [0.3, 0.4) is 0 Å². The van der Waals surface area contributed by atoms with Crippen molar-refractivity contribution in [1.82, 2.24) is 10.6 Å². The Morgan fingerprint density at radius 2 is 0.910 bits per heavy atom. The average molecular weight is 1040 g/mol. The third kappa shape index (κ3) is 11.3. The Kier molecular flexibility index (Phi) is 15.3. The highest BCUT2D eigenvalue weighted by atomic mass is 16.5. The Labute approximate surface area is 454 Å². The normalized spacial score (nSPS) is 12.5. The monoisotopic (exact) mass is 1040 g/mol. The maximum Gasteiger partial charge on any atom is 0.266 e. The number of hydrogen-bond acceptors (Lipinski definition) is 9. The van der Waals surface area contributed by atoms with Gasteiger partial charge in [-0.2, -0.15) is 0 Å². The molecule has 9 rings (SSSR count). The van der Waals surface area contributed by atoms with Crippen LogP contribution in [0, 0.1) is 0 Å². The quantitative estimate of drug-likeness (QED) is 0.0458. The van der Waals surface area contributed by atoms with Crippen molar-refractivity contribution in [3.8, 4) is 46.0 Å². The van der Waals surface area contributed by atoms with E-state index in [0.717, 1.165) is 39.1 Å². The van der Waals surface area contributed by atoms with Gasteiger partial charge in [0.25, 0.3) is 17.7 Å². The number of amides is 4. The van der Waals surface area contributed by atoms with E-state index in [4.69, 9.17) is 18.9 Å². The van der Waals surface area contributed by atoms with Gasteiger partial charge in [-0.3, -0.25) is 24.0 Å². The number of aldehydes is 1. The summed E-state index contributed by atoms with van der Waals surface area (Å²) in [7, 11) is 1.51. The van der Waals surface area contributed by atoms with E-state index in [-0.39, 0.29) is 45.5 Å². The van der Waals surface area contributed by atoms with E-state index in [9.17, 15) is 24.0 Å². The minimum atomic E-state index is -0.452. The topological polar surface area (TPSA) is 150 Å². The Morgan fingerprint density at radius 1 is 0.538 bits per heavy atom. The van der Waals surface area contributed by atoms with Crippen LogP contribution in [0.2, 0.25) is 0 Å². The zero-order valence-electron chi connectivity index (χ0n) is 44.5. The molecule has 4 amide bonds. The lowest BCUT2D eigenvalue weighted by molar-refractivity contribution is -0.118. The minimum Gasteiger partial charge on any atom is -0.457 e. The first-order valence-corrected chi connectivity index (χ1v) is 25.6. The van der Waals surface area contributed by atoms with E-state index in [1.165, 1.54) is 13.1 Å². The van der Waals surface area contributed by atoms with Gasteiger partial charge >= 0.3 is 0 Å². The lowest BCUT2D eigenvalue weighted by atomic mass is 9.78. The van der Waals surface area contributed by atoms with Crippen molar-refractivity contribution in [2.75, 3.05) is 11.9 Å². The summed E-state index contributed by atoms with van der Waals surface area (Å²) in [5, 5.41) is 5.55. The van der Waals surface area contributed by atoms with Crippen LogP contribution in [0.5, 0.6) is 46.0 Å². The third-order valence-electron chi connectivity index (χ3n) is 14.2. The number of carbonyl (C=O) groups is 5. The summed E-state index contributed by atoms with van der Waals surface area (Å²) in [5.41, 5.74) is 6.45. The van der Waals surface area contributed by atoms with Crippen molar-refractivity contribution in [2.45, 2.75) is 64.8 Å². The van der Waals surface area contributed by atoms with Gasteiger partial charge in [0.05, 0.1) is 28.4 Å². The van der Waals surface area contributed by atoms with Crippen LogP contribution in [0.4, 0.5) is 5.69 Å². The molecule has 0 saturated carbocycles. The zero-order chi connectivity index (χ0) is 55.3. The van der Waals surface area contributed by atoms with Crippen LogP contribution in [0.1, 0.15) is 123 Å². The van der Waals surface area contributed by atoms with Crippen LogP contribution in [-0.4, -0.2) is 37.0 Å². The molecule has 0 spiro atoms. The molecule has 2 N–H and O–H groups in total. The molecule has 392 valence electrons. The second-order valence-corrected chi connectivity index (χ2v) is 20.1. The molecule has 1 atom stereocenters. The molecule has 0 bridgehead atoms. The molecule has 8 aromatic rings. The number of carbonyl (C=O) groups excluding carboxylic acids is 5. The molecule has 1 unspecified atom stereocenters. The van der Waals surface area contributed by atoms with Gasteiger partial charge in [0.2, 0.25) is 5.91 Å². The predicted octanol–water partition coefficient (Wildman–Crippen LogP) is 14.6. The van der Waals surface area contributed by atoms with Crippen molar-refractivity contribution in [3.05, 3.63) is 244 Å². The summed E-state index contributed by atoms with van der Waals surface area (Å²) < 4.78 is 24.6. The molecule has 0 radical (unpaired) electrons. The van der Waals surface area contributed by atoms with E-state index in [1.54, 1.807) is 61.5 Å². The van der Waals surface area contributed by atoms with E-state index in [2.05, 4.69) is 57.0 Å². The standard InChI is InChI=1S/C66H59N3O9/c1-9-60(68-61(71)41(2)3)42-10-22-49(23-11-42)75-50-24-12-44(13-25-50)65(4,5)45-14-26-51(27-15-45)76-54-32-20-48(21-33-54)69-63(73)58-37-35-56(39-59(58)64(69)74)78-53-30-18-47(19-31-53)66(6,7)46-16-28-52(29-17-46)77-55-34-36-57(62(72)67-8)43(38-55)40-70/h10-40,60H,2,9H2,1,3-8H3,(H,67,72)(H,68,71). The SMILES string of the molecule is C=C(C)C(=O)NC(CC)c1ccc(Oc2ccc(C(C)(C)c3ccc(Oc4ccc(N5C(=O)c6ccc(Oc7ccc(C(C)(C)c8ccc(Oc9ccc(C(=O)NC)c(C=O)c9)cc8)cc7)cc6C5=O)cc4)cc3)cc2)cc1. The maximum absolute atomic E-state index is 13.8. The smallest absolute Gasteiger partial charge is 0.266 e. The van der Waals surface area contributed by atoms with Gasteiger partial charge in [0.15, 0.2) is 6.29 Å². The van der Waals surface area contributed by atoms with Crippen molar-refractivity contribution in [3.63, 3.8) is 0 Å². The highest BCUT2D eigenvalue weighted by Crippen LogP contribution is 2.39. The molecule has 1 heterocycles. The predicted molar refractivity (Wildman–Crippen MR) is 302 cm³/mol. The fourth-order valence-electron chi connectivity index (χ4n) is 9.33. The van der Waals surface area contributed by atoms with E-state index in [0.29, 0.717) is 63.5 Å². The number of rotatable bonds is 19. The number of nitrogens with one attached hydrogen (secondary N) is 2. The molecule has 0 aliphatic carbocycles. The number of imide groups is 1. The number of benzene rings is 8. The van der Waals surface area contributed by atoms with Gasteiger partial charge in [0.1, 0.15) is 46.0 Å². The van der Waals surface area contributed by atoms with Crippen LogP contribution in [-0.2, 0) is 15.6 Å². The van der Waals surface area contributed by atoms with E-state index in [1.807, 2.05) is 116 Å². The molecule has 0 saturated heterocycles. The molecule has 12 nitrogen and oxygen atoms in total. The van der Waals surface area contributed by atoms with Crippen LogP contribution in [0.15, 0.2) is 194 Å². The van der Waals surface area contributed by atoms with Gasteiger partial charge in [0, 0.05) is 29.0 Å². The molecule has 0 aromatic heterocycles. The average Bonchev–Trinajstić information content (AvgIpc) is 3.93. The fraction of sp³-hybridized carbons (Fsp3) is 0.167. The Hall–Kier alpha value is -9.55. The van der Waals surface area contributed by atoms with E-state index < -0.39 is 17.2 Å². The number of fused-ring (bicyclic) bond motifs is 1. The van der Waals surface area contributed by atoms with Crippen molar-refractivity contribution >= 4 is 35.6 Å². The Bertz CT molecular complexity index is 3550. The lowest BCUT2D eigenvalue weighted by Gasteiger charge is -2.26. The van der Waals surface area contributed by atoms with Crippen LogP contribution < -0.4 is 34.5 Å². The first kappa shape index (κ1) is 53.3. The lowest BCUT2D eigenvalue weighted by Crippen LogP contribution is -2.29. The van der Waals surface area contributed by atoms with Gasteiger partial charge in [-0.05, 0) is 162 Å². The Balaban J connectivity index is 0.779. The highest BCUT2D eigenvalue weighted by molar-refractivity contribution is 6.34. The molecule has 78 heavy (non-hydrogen) atoms. The summed E-state index contributed by atoms with van der Waals surface area (Å²) in [6, 6.07) is 55.5. The van der Waals surface area contributed by atoms with Crippen molar-refractivity contribution < 1.29 is 42.9 Å². The van der Waals surface area contributed by atoms with Gasteiger partial charge < -0.3 is 29.6 Å². The molecule has 8 aromatic carbocycles. The second kappa shape index (κ2) is 22.3. The number of hydrogen-bond donors (Lipinski definition) is 2. The summed E-state index contributed by atoms with van der Waals surface area (Å²) in [6.45, 7) is 16.0. The zero-order valence-corrected chi connectivity index (χ0v) is 44.5. The number of nitrogens with zero attached hydrogens (tertiary/aromatic N) is 1. The largest absolute Gasteiger partial charge is 0.457 e. The first-order chi connectivity index (χ1) is 37.4. The molecule has 12 heteroatoms. The maximum atomic E-state index is 13.8. The fourth-order valence-corrected chi connectivity index (χ4v) is 9.33. The summed E-state index contributed by atoms with van der Waals surface area (Å²) in [5.74, 6) is 3.17. The van der Waals surface area contributed by atoms with Crippen LogP contribution in [0.25, 0.3) is 0 Å². The van der Waals surface area contributed by atoms with Gasteiger partial charge in [-0.25, -0.2) is 4.90 Å². The number of anilines is 1. The highest BCUT2D eigenvalue weighted by Gasteiger charge is 2.37. The minimum absolute atomic E-state index is 0.113. The molecule has 0 fully saturated rings. The van der Waals surface area contributed by atoms with Gasteiger partial charge in [-0.15, -0.1) is 0 Å². The second-order valence-electron chi connectivity index (χ2n) is 20.1. The summed E-state index contributed by atoms with van der Waals surface area (Å²) in [4.78, 5) is 64.5. The molecule has 1 aliphatic rings. The van der Waals surface area contributed by atoms with Crippen LogP contribution >= 0.6 is 0 Å². The number of ether oxygens (including phenoxy) is 4. The summed E-state index contributed by atoms with van der Waals surface area (Å²) >= 11 is 0. The molecule has 1 aliphatic heterocycles. The molecular weight excluding hydrogens is 979 g/mol.